The van der Waals surface area contributed by atoms with Gasteiger partial charge >= 0.3 is 166 Å². The van der Waals surface area contributed by atoms with Crippen molar-refractivity contribution in [3.8, 4) is 17.3 Å². The number of fused-ring (bicyclic) bond motifs is 2. The molecule has 5 heterocycles. The molecule has 3 aliphatic rings. The number of ether oxygens (including phenoxy) is 4. The van der Waals surface area contributed by atoms with Crippen LogP contribution in [0.4, 0.5) is 13.2 Å². The van der Waals surface area contributed by atoms with Crippen molar-refractivity contribution < 1.29 is 211 Å². The fraction of sp³-hybridized carbons (Fsp3) is 0.600. The van der Waals surface area contributed by atoms with Gasteiger partial charge in [-0.2, -0.15) is 26.0 Å². The minimum Gasteiger partial charge on any atom is -0.822 e. The van der Waals surface area contributed by atoms with Gasteiger partial charge in [-0.05, 0) is 36.6 Å². The monoisotopic (exact) mass is 866 g/mol. The Morgan fingerprint density at radius 3 is 2.31 bits per heavy atom. The molecule has 52 heavy (non-hydrogen) atoms. The normalized spacial score (nSPS) is 23.2. The van der Waals surface area contributed by atoms with E-state index in [4.69, 9.17) is 59.8 Å². The molecule has 0 spiro atoms. The van der Waals surface area contributed by atoms with Crippen LogP contribution in [0.3, 0.4) is 0 Å². The van der Waals surface area contributed by atoms with Gasteiger partial charge in [-0.15, -0.1) is 0 Å². The van der Waals surface area contributed by atoms with Gasteiger partial charge in [-0.3, -0.25) is 9.47 Å². The number of phosphoric acid groups is 1. The van der Waals surface area contributed by atoms with E-state index in [-0.39, 0.29) is 180 Å². The zero-order valence-electron chi connectivity index (χ0n) is 30.1. The minimum absolute atomic E-state index is 0. The number of aromatic nitrogens is 3. The molecule has 1 aromatic carbocycles. The molecule has 0 radical (unpaired) electrons. The summed E-state index contributed by atoms with van der Waals surface area (Å²) in [7, 11) is -6.69. The Morgan fingerprint density at radius 2 is 1.69 bits per heavy atom. The van der Waals surface area contributed by atoms with Crippen LogP contribution in [-0.4, -0.2) is 103 Å². The first-order valence-corrected chi connectivity index (χ1v) is 21.2. The van der Waals surface area contributed by atoms with Gasteiger partial charge in [0.1, 0.15) is 25.0 Å². The van der Waals surface area contributed by atoms with Crippen molar-refractivity contribution in [2.24, 2.45) is 0 Å². The standard InChI is InChI=1S/C30H38ClF3N4O5Si.3K.H3O4P/c1-44(2,3)11-10-40-17-38-22-12-21(31)25(19-6-4-18(5-7-19)20-8-9-37(13-20)16-30(32,33)34)35-28(22)36-29(38)43-24-15-42-26-23(39)14-41-27(24)26;;;;1-5(2,3)4/h4-7,12,20,23-24,26-27,39H,8-11,13-17H2,1-3H3;;;;(H3,1,2,3,4)/q;3*+1;/p-3/t20?,23-,24-,26-,27-;;;;/m1..../s1. The van der Waals surface area contributed by atoms with Crippen molar-refractivity contribution in [2.75, 3.05) is 39.5 Å². The number of rotatable bonds is 10. The summed E-state index contributed by atoms with van der Waals surface area (Å²) in [6.07, 6.45) is -5.52. The summed E-state index contributed by atoms with van der Waals surface area (Å²) in [5, 5.41) is 10.6. The van der Waals surface area contributed by atoms with Gasteiger partial charge in [0.05, 0.1) is 36.0 Å². The maximum atomic E-state index is 12.8. The van der Waals surface area contributed by atoms with Crippen LogP contribution < -0.4 is 174 Å². The number of halogens is 4. The molecule has 3 saturated heterocycles. The van der Waals surface area contributed by atoms with Crippen LogP contribution in [-0.2, 0) is 25.5 Å². The summed E-state index contributed by atoms with van der Waals surface area (Å²) in [4.78, 5) is 36.6. The second kappa shape index (κ2) is 21.8. The van der Waals surface area contributed by atoms with Crippen LogP contribution in [0.15, 0.2) is 30.3 Å². The Bertz CT molecular complexity index is 1650. The molecular formula is C30H38ClF3K3N4O9PSi. The fourth-order valence-electron chi connectivity index (χ4n) is 6.05. The van der Waals surface area contributed by atoms with Crippen LogP contribution >= 0.6 is 19.4 Å². The van der Waals surface area contributed by atoms with Crippen LogP contribution in [0, 0.1) is 0 Å². The van der Waals surface area contributed by atoms with Crippen LogP contribution in [0.1, 0.15) is 17.9 Å². The fourth-order valence-corrected chi connectivity index (χ4v) is 7.06. The zero-order chi connectivity index (χ0) is 35.7. The summed E-state index contributed by atoms with van der Waals surface area (Å²) in [6.45, 7) is 8.03. The second-order valence-electron chi connectivity index (χ2n) is 13.6. The van der Waals surface area contributed by atoms with E-state index in [1.54, 1.807) is 10.6 Å². The summed E-state index contributed by atoms with van der Waals surface area (Å²) in [6, 6.07) is 10.8. The number of aliphatic hydroxyl groups excluding tert-OH is 1. The number of imidazole rings is 1. The second-order valence-corrected chi connectivity index (χ2v) is 20.5. The predicted octanol–water partition coefficient (Wildman–Crippen LogP) is -6.49. The van der Waals surface area contributed by atoms with Crippen molar-refractivity contribution >= 4 is 38.7 Å². The van der Waals surface area contributed by atoms with Gasteiger partial charge in [0.25, 0.3) is 0 Å². The molecule has 0 amide bonds. The van der Waals surface area contributed by atoms with Crippen molar-refractivity contribution in [1.29, 1.82) is 0 Å². The van der Waals surface area contributed by atoms with Crippen LogP contribution in [0.5, 0.6) is 6.01 Å². The van der Waals surface area contributed by atoms with E-state index < -0.39 is 53.0 Å². The summed E-state index contributed by atoms with van der Waals surface area (Å²) < 4.78 is 72.7. The number of alkyl halides is 3. The molecule has 0 aliphatic carbocycles. The molecule has 272 valence electrons. The third-order valence-corrected chi connectivity index (χ3v) is 10.4. The number of benzene rings is 1. The van der Waals surface area contributed by atoms with Gasteiger partial charge in [-0.25, -0.2) is 4.98 Å². The Kier molecular flexibility index (Phi) is 21.4. The number of likely N-dealkylation sites (tertiary alicyclic amines) is 1. The molecule has 5 atom stereocenters. The predicted molar refractivity (Wildman–Crippen MR) is 169 cm³/mol. The molecule has 3 aromatic rings. The Hall–Kier alpha value is 2.76. The molecular weight excluding hydrogens is 829 g/mol. The average molecular weight is 867 g/mol. The van der Waals surface area contributed by atoms with E-state index in [0.717, 1.165) is 17.2 Å². The van der Waals surface area contributed by atoms with E-state index in [9.17, 15) is 18.3 Å². The van der Waals surface area contributed by atoms with Crippen LogP contribution in [0.2, 0.25) is 30.7 Å². The third kappa shape index (κ3) is 15.1. The van der Waals surface area contributed by atoms with Gasteiger partial charge in [0.2, 0.25) is 0 Å². The number of aliphatic hydroxyl groups is 1. The number of hydrogen-bond donors (Lipinski definition) is 1. The zero-order valence-corrected chi connectivity index (χ0v) is 42.1. The average Bonchev–Trinajstić information content (AvgIpc) is 3.75. The first-order valence-electron chi connectivity index (χ1n) is 15.7. The summed E-state index contributed by atoms with van der Waals surface area (Å²) in [5.41, 5.74) is 3.38. The third-order valence-electron chi connectivity index (χ3n) is 8.45. The Labute approximate surface area is 433 Å². The molecule has 1 N–H and O–H groups in total. The Morgan fingerprint density at radius 1 is 1.06 bits per heavy atom. The van der Waals surface area contributed by atoms with Crippen molar-refractivity contribution in [3.63, 3.8) is 0 Å². The number of nitrogens with zero attached hydrogens (tertiary/aromatic N) is 4. The van der Waals surface area contributed by atoms with Crippen molar-refractivity contribution in [3.05, 3.63) is 40.9 Å². The molecule has 0 bridgehead atoms. The van der Waals surface area contributed by atoms with Gasteiger partial charge in [0.15, 0.2) is 11.8 Å². The van der Waals surface area contributed by atoms with E-state index in [1.807, 2.05) is 24.3 Å². The minimum atomic E-state index is -5.39. The maximum Gasteiger partial charge on any atom is 1.00 e. The van der Waals surface area contributed by atoms with Crippen molar-refractivity contribution in [1.82, 2.24) is 19.4 Å². The first-order chi connectivity index (χ1) is 22.8. The smallest absolute Gasteiger partial charge is 0.822 e. The molecule has 22 heteroatoms. The topological polar surface area (TPSA) is 177 Å². The molecule has 2 aromatic heterocycles. The van der Waals surface area contributed by atoms with Gasteiger partial charge in [-0.1, -0.05) is 55.5 Å². The quantitative estimate of drug-likeness (QED) is 0.116. The molecule has 1 unspecified atom stereocenters. The maximum absolute atomic E-state index is 12.8. The summed E-state index contributed by atoms with van der Waals surface area (Å²) >= 11 is 6.79. The molecule has 6 rings (SSSR count). The van der Waals surface area contributed by atoms with E-state index in [2.05, 4.69) is 19.6 Å². The molecule has 3 aliphatic heterocycles. The van der Waals surface area contributed by atoms with Gasteiger partial charge < -0.3 is 43.3 Å². The SMILES string of the molecule is C[Si](C)(C)CCOCn1c(O[C@@H]2CO[C@H]3[C@@H]2OC[C@H]3O)nc2nc(-c3ccc(C4CCN(CC(F)(F)F)C4)cc3)c(Cl)cc21.O=P([O-])([O-])[O-].[K+].[K+].[K+]. The number of hydrogen-bond acceptors (Lipinski definition) is 12. The molecule has 0 saturated carbocycles. The van der Waals surface area contributed by atoms with Gasteiger partial charge in [0, 0.05) is 26.8 Å². The largest absolute Gasteiger partial charge is 1.00 e. The first kappa shape index (κ1) is 50.9. The Balaban J connectivity index is 0.00000110. The van der Waals surface area contributed by atoms with Crippen molar-refractivity contribution in [2.45, 2.75) is 75.3 Å². The van der Waals surface area contributed by atoms with E-state index in [1.165, 1.54) is 4.90 Å². The van der Waals surface area contributed by atoms with Crippen LogP contribution in [0.25, 0.3) is 22.4 Å². The van der Waals surface area contributed by atoms with E-state index in [0.29, 0.717) is 54.0 Å². The van der Waals surface area contributed by atoms with E-state index >= 15 is 0 Å². The number of pyridine rings is 1. The summed E-state index contributed by atoms with van der Waals surface area (Å²) in [5.74, 6) is 0.0396. The molecule has 13 nitrogen and oxygen atoms in total. The molecule has 3 fully saturated rings.